The number of hydrogen-bond acceptors (Lipinski definition) is 0. The summed E-state index contributed by atoms with van der Waals surface area (Å²) >= 11 is 1.12. The van der Waals surface area contributed by atoms with Gasteiger partial charge in [-0.2, -0.15) is 0 Å². The Hall–Kier alpha value is 1.63. The third kappa shape index (κ3) is 211. The van der Waals surface area contributed by atoms with Crippen LogP contribution in [0.3, 0.4) is 0 Å². The normalized spacial score (nSPS) is 6.00. The topological polar surface area (TPSA) is 0 Å². The van der Waals surface area contributed by atoms with E-state index in [-0.39, 0.29) is 0 Å². The molecule has 0 saturated carbocycles. The zero-order valence-corrected chi connectivity index (χ0v) is 14.6. The van der Waals surface area contributed by atoms with E-state index in [2.05, 4.69) is 34.5 Å². The SMILES string of the molecule is [CH3][GeH][CH3].[CH3][GeH][CH3].[CH3][Ge][CH3]. The summed E-state index contributed by atoms with van der Waals surface area (Å²) in [5.74, 6) is 13.6. The van der Waals surface area contributed by atoms with Crippen molar-refractivity contribution in [2.75, 3.05) is 0 Å². The van der Waals surface area contributed by atoms with E-state index in [0.29, 0.717) is 46.3 Å². The molecular formula is C6H20Ge3. The van der Waals surface area contributed by atoms with Crippen LogP contribution in [-0.2, 0) is 0 Å². The molecule has 0 heterocycles. The Balaban J connectivity index is -0.0000000600. The Bertz CT molecular complexity index is 13.0. The van der Waals surface area contributed by atoms with Crippen LogP contribution in [0.5, 0.6) is 0 Å². The van der Waals surface area contributed by atoms with E-state index in [4.69, 9.17) is 0 Å². The van der Waals surface area contributed by atoms with Gasteiger partial charge in [0.2, 0.25) is 0 Å². The molecule has 4 radical (unpaired) electrons. The van der Waals surface area contributed by atoms with E-state index in [1.165, 1.54) is 0 Å². The summed E-state index contributed by atoms with van der Waals surface area (Å²) in [6.07, 6.45) is 0. The van der Waals surface area contributed by atoms with Crippen LogP contribution < -0.4 is 0 Å². The molecule has 0 aromatic heterocycles. The van der Waals surface area contributed by atoms with E-state index >= 15 is 0 Å². The fraction of sp³-hybridized carbons (Fsp3) is 1.00. The van der Waals surface area contributed by atoms with Crippen molar-refractivity contribution in [1.82, 2.24) is 0 Å². The molecule has 0 aliphatic rings. The Morgan fingerprint density at radius 3 is 0.778 bits per heavy atom. The third-order valence-corrected chi connectivity index (χ3v) is 0. The quantitative estimate of drug-likeness (QED) is 0.599. The van der Waals surface area contributed by atoms with Crippen LogP contribution in [-0.4, -0.2) is 46.3 Å². The van der Waals surface area contributed by atoms with Crippen molar-refractivity contribution in [3.05, 3.63) is 0 Å². The van der Waals surface area contributed by atoms with E-state index in [1.54, 1.807) is 0 Å². The van der Waals surface area contributed by atoms with Gasteiger partial charge in [0.05, 0.1) is 0 Å². The average Bonchev–Trinajstić information content (AvgIpc) is 1.70. The summed E-state index contributed by atoms with van der Waals surface area (Å²) in [5, 5.41) is 0. The van der Waals surface area contributed by atoms with Crippen LogP contribution in [0.2, 0.25) is 34.5 Å². The molecule has 0 aromatic rings. The van der Waals surface area contributed by atoms with Crippen molar-refractivity contribution in [3.8, 4) is 0 Å². The molecule has 0 saturated heterocycles. The zero-order valence-electron chi connectivity index (χ0n) is 7.65. The first-order valence-electron chi connectivity index (χ1n) is 3.31. The Morgan fingerprint density at radius 2 is 0.778 bits per heavy atom. The second-order valence-electron chi connectivity index (χ2n) is 1.65. The van der Waals surface area contributed by atoms with Crippen LogP contribution in [0.15, 0.2) is 0 Å². The molecule has 0 bridgehead atoms. The summed E-state index contributed by atoms with van der Waals surface area (Å²) < 4.78 is 0. The molecular weight excluding hydrogens is 290 g/mol. The summed E-state index contributed by atoms with van der Waals surface area (Å²) in [7, 11) is 0. The minimum atomic E-state index is 0.312. The maximum atomic E-state index is 2.28. The second kappa shape index (κ2) is 33.5. The molecule has 0 rings (SSSR count). The number of hydrogen-bond donors (Lipinski definition) is 0. The third-order valence-electron chi connectivity index (χ3n) is 0. The second-order valence-corrected chi connectivity index (χ2v) is 8.60. The Labute approximate surface area is 80.4 Å². The van der Waals surface area contributed by atoms with E-state index in [0.717, 1.165) is 0 Å². The molecule has 56 valence electrons. The molecule has 9 heavy (non-hydrogen) atoms. The fourth-order valence-corrected chi connectivity index (χ4v) is 0. The van der Waals surface area contributed by atoms with Gasteiger partial charge in [-0.15, -0.1) is 0 Å². The Morgan fingerprint density at radius 1 is 0.778 bits per heavy atom. The van der Waals surface area contributed by atoms with Gasteiger partial charge in [0.1, 0.15) is 0 Å². The fourth-order valence-electron chi connectivity index (χ4n) is 0. The van der Waals surface area contributed by atoms with Gasteiger partial charge in [-0.05, 0) is 0 Å². The molecule has 0 aliphatic heterocycles. The van der Waals surface area contributed by atoms with Gasteiger partial charge in [-0.25, -0.2) is 0 Å². The van der Waals surface area contributed by atoms with Crippen molar-refractivity contribution in [2.24, 2.45) is 0 Å². The van der Waals surface area contributed by atoms with Crippen LogP contribution in [0, 0.1) is 0 Å². The van der Waals surface area contributed by atoms with E-state index in [1.807, 2.05) is 0 Å². The van der Waals surface area contributed by atoms with Gasteiger partial charge in [0.15, 0.2) is 0 Å². The summed E-state index contributed by atoms with van der Waals surface area (Å²) in [4.78, 5) is 0. The van der Waals surface area contributed by atoms with Crippen molar-refractivity contribution >= 4 is 46.3 Å². The minimum absolute atomic E-state index is 0.312. The van der Waals surface area contributed by atoms with Crippen LogP contribution >= 0.6 is 0 Å². The van der Waals surface area contributed by atoms with Crippen LogP contribution in [0.4, 0.5) is 0 Å². The van der Waals surface area contributed by atoms with Crippen molar-refractivity contribution in [1.29, 1.82) is 0 Å². The zero-order chi connectivity index (χ0) is 8.12. The molecule has 0 unspecified atom stereocenters. The molecule has 0 spiro atoms. The Kier molecular flexibility index (Phi) is 63.0. The predicted octanol–water partition coefficient (Wildman–Crippen LogP) is 1.82. The molecule has 0 amide bonds. The van der Waals surface area contributed by atoms with Crippen LogP contribution in [0.1, 0.15) is 0 Å². The first kappa shape index (κ1) is 16.9. The summed E-state index contributed by atoms with van der Waals surface area (Å²) in [5.41, 5.74) is 0. The molecule has 0 fully saturated rings. The number of rotatable bonds is 0. The first-order chi connectivity index (χ1) is 4.24. The molecule has 0 atom stereocenters. The molecule has 0 aromatic carbocycles. The van der Waals surface area contributed by atoms with Crippen molar-refractivity contribution in [3.63, 3.8) is 0 Å². The standard InChI is InChI=1S/2C2H7Ge.C2H6Ge/c3*1-3-2/h2*3H,1-2H3;1-2H3. The van der Waals surface area contributed by atoms with Gasteiger partial charge in [0.25, 0.3) is 0 Å². The van der Waals surface area contributed by atoms with Gasteiger partial charge < -0.3 is 0 Å². The van der Waals surface area contributed by atoms with Crippen LogP contribution in [0.25, 0.3) is 0 Å². The van der Waals surface area contributed by atoms with Gasteiger partial charge in [-0.1, -0.05) is 0 Å². The van der Waals surface area contributed by atoms with Gasteiger partial charge >= 0.3 is 80.8 Å². The van der Waals surface area contributed by atoms with E-state index < -0.39 is 0 Å². The first-order valence-corrected chi connectivity index (χ1v) is 17.2. The van der Waals surface area contributed by atoms with Gasteiger partial charge in [0, 0.05) is 0 Å². The summed E-state index contributed by atoms with van der Waals surface area (Å²) in [6.45, 7) is 0. The molecule has 0 aliphatic carbocycles. The molecule has 3 heteroatoms. The monoisotopic (exact) mass is 314 g/mol. The predicted molar refractivity (Wildman–Crippen MR) is 55.2 cm³/mol. The molecule has 0 nitrogen and oxygen atoms in total. The van der Waals surface area contributed by atoms with Crippen molar-refractivity contribution < 1.29 is 0 Å². The maximum absolute atomic E-state index is 2.28. The summed E-state index contributed by atoms with van der Waals surface area (Å²) in [6, 6.07) is 0. The van der Waals surface area contributed by atoms with E-state index in [9.17, 15) is 0 Å². The average molecular weight is 310 g/mol. The molecule has 0 N–H and O–H groups in total. The van der Waals surface area contributed by atoms with Crippen molar-refractivity contribution in [2.45, 2.75) is 34.5 Å². The van der Waals surface area contributed by atoms with Gasteiger partial charge in [-0.3, -0.25) is 0 Å².